The molecule has 0 N–H and O–H groups in total. The number of carbonyl (C=O) groups is 2. The lowest BCUT2D eigenvalue weighted by molar-refractivity contribution is -0.184. The number of piperidine rings is 1. The molecule has 0 spiro atoms. The molecule has 27 heavy (non-hydrogen) atoms. The fourth-order valence-corrected chi connectivity index (χ4v) is 2.86. The van der Waals surface area contributed by atoms with Gasteiger partial charge < -0.3 is 4.90 Å². The number of carbonyl (C=O) groups excluding carboxylic acids is 2. The highest BCUT2D eigenvalue weighted by molar-refractivity contribution is 6.15. The van der Waals surface area contributed by atoms with Crippen molar-refractivity contribution >= 4 is 23.8 Å². The maximum absolute atomic E-state index is 12.9. The molecule has 0 atom stereocenters. The summed E-state index contributed by atoms with van der Waals surface area (Å²) in [6.07, 6.45) is -1.94. The molecule has 3 nitrogen and oxygen atoms in total. The Balaban J connectivity index is 2.00. The highest BCUT2D eigenvalue weighted by Crippen LogP contribution is 2.26. The van der Waals surface area contributed by atoms with E-state index < -0.39 is 12.1 Å². The lowest BCUT2D eigenvalue weighted by atomic mass is 9.94. The lowest BCUT2D eigenvalue weighted by Crippen LogP contribution is -2.47. The van der Waals surface area contributed by atoms with Crippen LogP contribution in [0.5, 0.6) is 0 Å². The van der Waals surface area contributed by atoms with Crippen LogP contribution in [0.25, 0.3) is 12.2 Å². The minimum absolute atomic E-state index is 0.146. The average molecular weight is 371 g/mol. The van der Waals surface area contributed by atoms with Gasteiger partial charge in [-0.2, -0.15) is 13.2 Å². The van der Waals surface area contributed by atoms with Crippen LogP contribution < -0.4 is 0 Å². The first-order valence-electron chi connectivity index (χ1n) is 8.26. The Labute approximate surface area is 154 Å². The van der Waals surface area contributed by atoms with Gasteiger partial charge in [-0.1, -0.05) is 60.7 Å². The number of alkyl halides is 3. The first-order valence-corrected chi connectivity index (χ1v) is 8.26. The van der Waals surface area contributed by atoms with Crippen LogP contribution in [0.3, 0.4) is 0 Å². The van der Waals surface area contributed by atoms with Crippen LogP contribution in [0.4, 0.5) is 13.2 Å². The van der Waals surface area contributed by atoms with Gasteiger partial charge in [0.25, 0.3) is 0 Å². The Hall–Kier alpha value is -3.15. The normalized spacial score (nSPS) is 18.2. The molecule has 0 aromatic heterocycles. The van der Waals surface area contributed by atoms with Gasteiger partial charge in [0.15, 0.2) is 5.78 Å². The van der Waals surface area contributed by atoms with Gasteiger partial charge >= 0.3 is 12.1 Å². The lowest BCUT2D eigenvalue weighted by Gasteiger charge is -2.30. The average Bonchev–Trinajstić information content (AvgIpc) is 2.65. The van der Waals surface area contributed by atoms with Gasteiger partial charge in [0.2, 0.25) is 0 Å². The fourth-order valence-electron chi connectivity index (χ4n) is 2.86. The number of amides is 1. The van der Waals surface area contributed by atoms with E-state index in [1.165, 1.54) is 12.2 Å². The summed E-state index contributed by atoms with van der Waals surface area (Å²) < 4.78 is 38.8. The van der Waals surface area contributed by atoms with E-state index in [4.69, 9.17) is 0 Å². The fraction of sp³-hybridized carbons (Fsp3) is 0.143. The Bertz CT molecular complexity index is 839. The van der Waals surface area contributed by atoms with Crippen LogP contribution in [0.15, 0.2) is 71.8 Å². The van der Waals surface area contributed by atoms with E-state index in [1.54, 1.807) is 60.7 Å². The summed E-state index contributed by atoms with van der Waals surface area (Å²) in [6.45, 7) is -0.754. The third kappa shape index (κ3) is 4.53. The van der Waals surface area contributed by atoms with Gasteiger partial charge in [0.1, 0.15) is 0 Å². The molecule has 3 rings (SSSR count). The maximum Gasteiger partial charge on any atom is 0.471 e. The zero-order chi connectivity index (χ0) is 19.4. The summed E-state index contributed by atoms with van der Waals surface area (Å²) in [5.41, 5.74) is 1.65. The number of rotatable bonds is 2. The largest absolute Gasteiger partial charge is 0.471 e. The molecule has 1 amide bonds. The third-order valence-corrected chi connectivity index (χ3v) is 4.12. The van der Waals surface area contributed by atoms with Crippen molar-refractivity contribution in [2.75, 3.05) is 13.1 Å². The highest BCUT2D eigenvalue weighted by atomic mass is 19.4. The maximum atomic E-state index is 12.9. The van der Waals surface area contributed by atoms with E-state index in [0.29, 0.717) is 16.0 Å². The predicted octanol–water partition coefficient (Wildman–Crippen LogP) is 4.13. The minimum Gasteiger partial charge on any atom is -0.326 e. The Morgan fingerprint density at radius 1 is 0.815 bits per heavy atom. The zero-order valence-corrected chi connectivity index (χ0v) is 14.2. The number of hydrogen-bond acceptors (Lipinski definition) is 2. The molecule has 2 aromatic carbocycles. The second kappa shape index (κ2) is 7.61. The topological polar surface area (TPSA) is 37.4 Å². The van der Waals surface area contributed by atoms with Crippen LogP contribution in [-0.4, -0.2) is 35.9 Å². The molecule has 1 heterocycles. The summed E-state index contributed by atoms with van der Waals surface area (Å²) in [7, 11) is 0. The van der Waals surface area contributed by atoms with E-state index >= 15 is 0 Å². The number of hydrogen-bond donors (Lipinski definition) is 0. The number of nitrogens with zero attached hydrogens (tertiary/aromatic N) is 1. The van der Waals surface area contributed by atoms with E-state index in [2.05, 4.69) is 0 Å². The molecule has 1 saturated heterocycles. The molecule has 2 aromatic rings. The zero-order valence-electron chi connectivity index (χ0n) is 14.2. The molecule has 138 valence electrons. The van der Waals surface area contributed by atoms with Crippen LogP contribution in [-0.2, 0) is 9.59 Å². The first-order chi connectivity index (χ1) is 12.8. The van der Waals surface area contributed by atoms with Crippen molar-refractivity contribution in [1.29, 1.82) is 0 Å². The van der Waals surface area contributed by atoms with Gasteiger partial charge in [-0.05, 0) is 23.3 Å². The third-order valence-electron chi connectivity index (χ3n) is 4.12. The standard InChI is InChI=1S/C21H16F3NO2/c22-21(23,24)20(27)25-13-17(11-15-7-3-1-4-8-15)19(26)18(14-25)12-16-9-5-2-6-10-16/h1-12H,13-14H2/b17-11-,18-12+. The monoisotopic (exact) mass is 371 g/mol. The summed E-state index contributed by atoms with van der Waals surface area (Å²) in [4.78, 5) is 25.2. The van der Waals surface area contributed by atoms with E-state index in [1.807, 2.05) is 0 Å². The van der Waals surface area contributed by atoms with Crippen LogP contribution >= 0.6 is 0 Å². The quantitative estimate of drug-likeness (QED) is 0.745. The first kappa shape index (κ1) is 18.6. The molecule has 1 fully saturated rings. The smallest absolute Gasteiger partial charge is 0.326 e. The van der Waals surface area contributed by atoms with Crippen molar-refractivity contribution in [1.82, 2.24) is 4.90 Å². The number of Topliss-reactive ketones (excluding diaryl/α,β-unsaturated/α-hetero) is 1. The second-order valence-electron chi connectivity index (χ2n) is 6.15. The summed E-state index contributed by atoms with van der Waals surface area (Å²) >= 11 is 0. The van der Waals surface area contributed by atoms with Crippen molar-refractivity contribution in [3.05, 3.63) is 82.9 Å². The van der Waals surface area contributed by atoms with Crippen LogP contribution in [0.1, 0.15) is 11.1 Å². The summed E-state index contributed by atoms with van der Waals surface area (Å²) in [5.74, 6) is -2.30. The molecule has 0 bridgehead atoms. The molecular formula is C21H16F3NO2. The molecule has 6 heteroatoms. The van der Waals surface area contributed by atoms with Crippen molar-refractivity contribution in [2.24, 2.45) is 0 Å². The molecule has 1 aliphatic heterocycles. The van der Waals surface area contributed by atoms with Crippen molar-refractivity contribution < 1.29 is 22.8 Å². The predicted molar refractivity (Wildman–Crippen MR) is 96.5 cm³/mol. The van der Waals surface area contributed by atoms with E-state index in [-0.39, 0.29) is 30.0 Å². The summed E-state index contributed by atoms with van der Waals surface area (Å²) in [5, 5.41) is 0. The van der Waals surface area contributed by atoms with Gasteiger partial charge in [-0.25, -0.2) is 0 Å². The Kier molecular flexibility index (Phi) is 5.26. The minimum atomic E-state index is -4.99. The highest BCUT2D eigenvalue weighted by Gasteiger charge is 2.44. The Morgan fingerprint density at radius 3 is 1.59 bits per heavy atom. The molecule has 0 saturated carbocycles. The molecule has 0 aliphatic carbocycles. The van der Waals surface area contributed by atoms with Gasteiger partial charge in [-0.15, -0.1) is 0 Å². The van der Waals surface area contributed by atoms with Gasteiger partial charge in [-0.3, -0.25) is 9.59 Å². The molecule has 1 aliphatic rings. The molecular weight excluding hydrogens is 355 g/mol. The molecule has 0 unspecified atom stereocenters. The van der Waals surface area contributed by atoms with Crippen molar-refractivity contribution in [2.45, 2.75) is 6.18 Å². The number of benzene rings is 2. The van der Waals surface area contributed by atoms with Crippen LogP contribution in [0.2, 0.25) is 0 Å². The summed E-state index contributed by atoms with van der Waals surface area (Å²) in [6, 6.07) is 17.6. The Morgan fingerprint density at radius 2 is 1.22 bits per heavy atom. The van der Waals surface area contributed by atoms with Crippen molar-refractivity contribution in [3.63, 3.8) is 0 Å². The van der Waals surface area contributed by atoms with Gasteiger partial charge in [0, 0.05) is 11.1 Å². The SMILES string of the molecule is O=C1/C(=C\c2ccccc2)CN(C(=O)C(F)(F)F)C/C1=C\c1ccccc1. The van der Waals surface area contributed by atoms with E-state index in [9.17, 15) is 22.8 Å². The van der Waals surface area contributed by atoms with Crippen LogP contribution in [0, 0.1) is 0 Å². The van der Waals surface area contributed by atoms with Crippen molar-refractivity contribution in [3.8, 4) is 0 Å². The number of ketones is 1. The second-order valence-corrected chi connectivity index (χ2v) is 6.15. The number of likely N-dealkylation sites (tertiary alicyclic amines) is 1. The van der Waals surface area contributed by atoms with E-state index in [0.717, 1.165) is 0 Å². The molecule has 0 radical (unpaired) electrons. The van der Waals surface area contributed by atoms with Gasteiger partial charge in [0.05, 0.1) is 13.1 Å². The number of halogens is 3.